The van der Waals surface area contributed by atoms with Gasteiger partial charge in [-0.3, -0.25) is 4.68 Å². The first-order valence-corrected chi connectivity index (χ1v) is 6.12. The molecular weight excluding hydrogens is 242 g/mol. The molecule has 0 aliphatic rings. The molecule has 100 valence electrons. The number of hydrogen-bond donors (Lipinski definition) is 2. The highest BCUT2D eigenvalue weighted by molar-refractivity contribution is 5.94. The maximum Gasteiger partial charge on any atom is 0.337 e. The van der Waals surface area contributed by atoms with Gasteiger partial charge in [-0.1, -0.05) is 26.0 Å². The number of aromatic carboxylic acids is 1. The summed E-state index contributed by atoms with van der Waals surface area (Å²) in [6, 6.07) is 8.76. The van der Waals surface area contributed by atoms with Crippen molar-refractivity contribution in [1.29, 1.82) is 0 Å². The fourth-order valence-corrected chi connectivity index (χ4v) is 1.81. The number of hydrogen-bond acceptors (Lipinski definition) is 3. The molecule has 0 spiro atoms. The minimum Gasteiger partial charge on any atom is -0.478 e. The van der Waals surface area contributed by atoms with Gasteiger partial charge in [0.1, 0.15) is 5.82 Å². The molecule has 0 fully saturated rings. The van der Waals surface area contributed by atoms with Gasteiger partial charge in [-0.15, -0.1) is 0 Å². The third kappa shape index (κ3) is 2.76. The Kier molecular flexibility index (Phi) is 3.55. The predicted octanol–water partition coefficient (Wildman–Crippen LogP) is 2.99. The fourth-order valence-electron chi connectivity index (χ4n) is 1.81. The SMILES string of the molecule is CC(C)c1cc(Nc2ccccc2C(=O)O)n(C)n1. The molecule has 1 aromatic carbocycles. The normalized spacial score (nSPS) is 10.7. The fraction of sp³-hybridized carbons (Fsp3) is 0.286. The van der Waals surface area contributed by atoms with Crippen molar-refractivity contribution in [3.8, 4) is 0 Å². The van der Waals surface area contributed by atoms with Gasteiger partial charge in [0.05, 0.1) is 16.9 Å². The summed E-state index contributed by atoms with van der Waals surface area (Å²) >= 11 is 0. The van der Waals surface area contributed by atoms with E-state index in [-0.39, 0.29) is 5.56 Å². The number of nitrogens with one attached hydrogen (secondary N) is 1. The van der Waals surface area contributed by atoms with Gasteiger partial charge in [0, 0.05) is 13.1 Å². The van der Waals surface area contributed by atoms with Crippen LogP contribution >= 0.6 is 0 Å². The van der Waals surface area contributed by atoms with Crippen LogP contribution in [0.4, 0.5) is 11.5 Å². The second-order valence-corrected chi connectivity index (χ2v) is 4.71. The van der Waals surface area contributed by atoms with Crippen molar-refractivity contribution in [1.82, 2.24) is 9.78 Å². The number of carboxylic acid groups (broad SMARTS) is 1. The average Bonchev–Trinajstić information content (AvgIpc) is 2.72. The smallest absolute Gasteiger partial charge is 0.337 e. The molecule has 5 nitrogen and oxygen atoms in total. The molecule has 0 aliphatic carbocycles. The third-order valence-electron chi connectivity index (χ3n) is 2.91. The van der Waals surface area contributed by atoms with E-state index in [2.05, 4.69) is 24.3 Å². The molecule has 0 bridgehead atoms. The Bertz CT molecular complexity index is 602. The lowest BCUT2D eigenvalue weighted by atomic mass is 10.1. The first-order valence-electron chi connectivity index (χ1n) is 6.12. The van der Waals surface area contributed by atoms with Crippen LogP contribution in [0, 0.1) is 0 Å². The number of para-hydroxylation sites is 1. The summed E-state index contributed by atoms with van der Waals surface area (Å²) in [5.41, 5.74) is 1.78. The van der Waals surface area contributed by atoms with Crippen LogP contribution in [0.3, 0.4) is 0 Å². The zero-order valence-corrected chi connectivity index (χ0v) is 11.2. The van der Waals surface area contributed by atoms with E-state index in [0.717, 1.165) is 11.5 Å². The summed E-state index contributed by atoms with van der Waals surface area (Å²) in [4.78, 5) is 11.1. The van der Waals surface area contributed by atoms with Crippen LogP contribution in [0.1, 0.15) is 35.8 Å². The van der Waals surface area contributed by atoms with Crippen LogP contribution in [0.25, 0.3) is 0 Å². The number of nitrogens with zero attached hydrogens (tertiary/aromatic N) is 2. The minimum absolute atomic E-state index is 0.245. The van der Waals surface area contributed by atoms with Crippen molar-refractivity contribution in [2.24, 2.45) is 7.05 Å². The van der Waals surface area contributed by atoms with Crippen molar-refractivity contribution in [2.45, 2.75) is 19.8 Å². The summed E-state index contributed by atoms with van der Waals surface area (Å²) < 4.78 is 1.72. The van der Waals surface area contributed by atoms with E-state index in [4.69, 9.17) is 5.11 Å². The van der Waals surface area contributed by atoms with Crippen LogP contribution in [0.2, 0.25) is 0 Å². The van der Waals surface area contributed by atoms with Gasteiger partial charge in [0.25, 0.3) is 0 Å². The molecular formula is C14H17N3O2. The van der Waals surface area contributed by atoms with E-state index in [1.807, 2.05) is 13.1 Å². The summed E-state index contributed by atoms with van der Waals surface area (Å²) in [6.45, 7) is 4.13. The Morgan fingerprint density at radius 1 is 1.37 bits per heavy atom. The highest BCUT2D eigenvalue weighted by Gasteiger charge is 2.12. The molecule has 0 amide bonds. The van der Waals surface area contributed by atoms with E-state index >= 15 is 0 Å². The van der Waals surface area contributed by atoms with E-state index in [9.17, 15) is 4.79 Å². The molecule has 2 rings (SSSR count). The molecule has 0 unspecified atom stereocenters. The van der Waals surface area contributed by atoms with Crippen molar-refractivity contribution < 1.29 is 9.90 Å². The number of anilines is 2. The highest BCUT2D eigenvalue weighted by Crippen LogP contribution is 2.23. The van der Waals surface area contributed by atoms with Crippen LogP contribution < -0.4 is 5.32 Å². The van der Waals surface area contributed by atoms with Gasteiger partial charge < -0.3 is 10.4 Å². The molecule has 0 aliphatic heterocycles. The van der Waals surface area contributed by atoms with Crippen molar-refractivity contribution in [3.05, 3.63) is 41.6 Å². The molecule has 19 heavy (non-hydrogen) atoms. The monoisotopic (exact) mass is 259 g/mol. The van der Waals surface area contributed by atoms with E-state index < -0.39 is 5.97 Å². The maximum atomic E-state index is 11.1. The van der Waals surface area contributed by atoms with Crippen LogP contribution in [0.15, 0.2) is 30.3 Å². The lowest BCUT2D eigenvalue weighted by Crippen LogP contribution is -2.05. The summed E-state index contributed by atoms with van der Waals surface area (Å²) in [5, 5.41) is 16.6. The molecule has 2 N–H and O–H groups in total. The Labute approximate surface area is 111 Å². The molecule has 0 radical (unpaired) electrons. The maximum absolute atomic E-state index is 11.1. The predicted molar refractivity (Wildman–Crippen MR) is 74.0 cm³/mol. The Hall–Kier alpha value is -2.30. The minimum atomic E-state index is -0.950. The van der Waals surface area contributed by atoms with Crippen molar-refractivity contribution >= 4 is 17.5 Å². The van der Waals surface area contributed by atoms with Gasteiger partial charge in [0.15, 0.2) is 0 Å². The Balaban J connectivity index is 2.34. The standard InChI is InChI=1S/C14H17N3O2/c1-9(2)12-8-13(17(3)16-12)15-11-7-5-4-6-10(11)14(18)19/h4-9,15H,1-3H3,(H,18,19). The van der Waals surface area contributed by atoms with Gasteiger partial charge >= 0.3 is 5.97 Å². The average molecular weight is 259 g/mol. The van der Waals surface area contributed by atoms with Crippen molar-refractivity contribution in [3.63, 3.8) is 0 Å². The zero-order valence-electron chi connectivity index (χ0n) is 11.2. The summed E-state index contributed by atoms with van der Waals surface area (Å²) in [7, 11) is 1.83. The van der Waals surface area contributed by atoms with Gasteiger partial charge in [-0.05, 0) is 18.1 Å². The molecule has 0 saturated heterocycles. The lowest BCUT2D eigenvalue weighted by Gasteiger charge is -2.08. The molecule has 0 atom stereocenters. The van der Waals surface area contributed by atoms with Gasteiger partial charge in [-0.25, -0.2) is 4.79 Å². The molecule has 2 aromatic rings. The first kappa shape index (κ1) is 13.1. The summed E-state index contributed by atoms with van der Waals surface area (Å²) in [5.74, 6) is 0.156. The number of aromatic nitrogens is 2. The van der Waals surface area contributed by atoms with Crippen molar-refractivity contribution in [2.75, 3.05) is 5.32 Å². The molecule has 5 heteroatoms. The number of benzene rings is 1. The largest absolute Gasteiger partial charge is 0.478 e. The third-order valence-corrected chi connectivity index (χ3v) is 2.91. The first-order chi connectivity index (χ1) is 8.99. The number of rotatable bonds is 4. The number of carbonyl (C=O) groups is 1. The van der Waals surface area contributed by atoms with E-state index in [0.29, 0.717) is 11.6 Å². The Morgan fingerprint density at radius 2 is 2.05 bits per heavy atom. The van der Waals surface area contributed by atoms with Gasteiger partial charge in [-0.2, -0.15) is 5.10 Å². The lowest BCUT2D eigenvalue weighted by molar-refractivity contribution is 0.0698. The molecule has 1 aromatic heterocycles. The topological polar surface area (TPSA) is 67.2 Å². The van der Waals surface area contributed by atoms with Crippen LogP contribution in [0.5, 0.6) is 0 Å². The quantitative estimate of drug-likeness (QED) is 0.885. The molecule has 0 saturated carbocycles. The molecule has 1 heterocycles. The second-order valence-electron chi connectivity index (χ2n) is 4.71. The summed E-state index contributed by atoms with van der Waals surface area (Å²) in [6.07, 6.45) is 0. The van der Waals surface area contributed by atoms with Gasteiger partial charge in [0.2, 0.25) is 0 Å². The van der Waals surface area contributed by atoms with Crippen LogP contribution in [-0.2, 0) is 7.05 Å². The van der Waals surface area contributed by atoms with E-state index in [1.54, 1.807) is 28.9 Å². The zero-order chi connectivity index (χ0) is 14.0. The van der Waals surface area contributed by atoms with Crippen LogP contribution in [-0.4, -0.2) is 20.9 Å². The number of aryl methyl sites for hydroxylation is 1. The highest BCUT2D eigenvalue weighted by atomic mass is 16.4. The number of carboxylic acids is 1. The second kappa shape index (κ2) is 5.14. The van der Waals surface area contributed by atoms with E-state index in [1.165, 1.54) is 0 Å². The Morgan fingerprint density at radius 3 is 2.63 bits per heavy atom.